The number of hydrogen-bond donors (Lipinski definition) is 1. The normalized spacial score (nSPS) is 29.1. The highest BCUT2D eigenvalue weighted by Crippen LogP contribution is 2.37. The van der Waals surface area contributed by atoms with Crippen LogP contribution in [0.2, 0.25) is 0 Å². The van der Waals surface area contributed by atoms with Crippen LogP contribution in [0.25, 0.3) is 0 Å². The van der Waals surface area contributed by atoms with Gasteiger partial charge >= 0.3 is 0 Å². The molecule has 2 aliphatic rings. The van der Waals surface area contributed by atoms with Crippen LogP contribution in [-0.2, 0) is 0 Å². The summed E-state index contributed by atoms with van der Waals surface area (Å²) in [7, 11) is 0. The molecule has 0 amide bonds. The van der Waals surface area contributed by atoms with Crippen molar-refractivity contribution in [2.75, 3.05) is 23.7 Å². The predicted octanol–water partition coefficient (Wildman–Crippen LogP) is 2.90. The van der Waals surface area contributed by atoms with Crippen LogP contribution >= 0.6 is 0 Å². The van der Waals surface area contributed by atoms with Gasteiger partial charge in [-0.05, 0) is 48.9 Å². The Labute approximate surface area is 97.4 Å². The van der Waals surface area contributed by atoms with E-state index in [-0.39, 0.29) is 0 Å². The molecule has 1 aromatic carbocycles. The average Bonchev–Trinajstić information content (AvgIpc) is 2.73. The molecule has 3 rings (SSSR count). The van der Waals surface area contributed by atoms with Gasteiger partial charge in [0.05, 0.1) is 0 Å². The second kappa shape index (κ2) is 4.00. The maximum absolute atomic E-state index is 5.72. The van der Waals surface area contributed by atoms with Crippen molar-refractivity contribution in [3.05, 3.63) is 24.3 Å². The summed E-state index contributed by atoms with van der Waals surface area (Å²) in [5.41, 5.74) is 7.94. The summed E-state index contributed by atoms with van der Waals surface area (Å²) in [4.78, 5) is 2.54. The van der Waals surface area contributed by atoms with Gasteiger partial charge in [0.1, 0.15) is 0 Å². The minimum atomic E-state index is 0.861. The molecule has 0 radical (unpaired) electrons. The van der Waals surface area contributed by atoms with E-state index in [4.69, 9.17) is 5.73 Å². The smallest absolute Gasteiger partial charge is 0.0367 e. The van der Waals surface area contributed by atoms with Gasteiger partial charge in [-0.2, -0.15) is 0 Å². The summed E-state index contributed by atoms with van der Waals surface area (Å²) >= 11 is 0. The molecule has 1 heterocycles. The standard InChI is InChI=1S/C14H20N2/c15-13-5-7-14(8-6-13)16-9-11-3-1-2-4-12(11)10-16/h5-8,11-12H,1-4,9-10,15H2. The molecule has 1 aliphatic carbocycles. The number of anilines is 2. The number of nitrogens with two attached hydrogens (primary N) is 1. The molecular weight excluding hydrogens is 196 g/mol. The van der Waals surface area contributed by atoms with Crippen molar-refractivity contribution in [2.24, 2.45) is 11.8 Å². The Morgan fingerprint density at radius 2 is 1.50 bits per heavy atom. The molecule has 16 heavy (non-hydrogen) atoms. The van der Waals surface area contributed by atoms with E-state index in [0.29, 0.717) is 0 Å². The zero-order chi connectivity index (χ0) is 11.0. The summed E-state index contributed by atoms with van der Waals surface area (Å²) in [5, 5.41) is 0. The average molecular weight is 216 g/mol. The van der Waals surface area contributed by atoms with Crippen LogP contribution in [-0.4, -0.2) is 13.1 Å². The minimum Gasteiger partial charge on any atom is -0.399 e. The van der Waals surface area contributed by atoms with E-state index in [9.17, 15) is 0 Å². The van der Waals surface area contributed by atoms with Crippen LogP contribution < -0.4 is 10.6 Å². The first-order chi connectivity index (χ1) is 7.83. The van der Waals surface area contributed by atoms with E-state index in [2.05, 4.69) is 17.0 Å². The summed E-state index contributed by atoms with van der Waals surface area (Å²) < 4.78 is 0. The van der Waals surface area contributed by atoms with E-state index in [0.717, 1.165) is 17.5 Å². The second-order valence-electron chi connectivity index (χ2n) is 5.30. The quantitative estimate of drug-likeness (QED) is 0.731. The molecule has 1 saturated carbocycles. The van der Waals surface area contributed by atoms with E-state index < -0.39 is 0 Å². The first-order valence-corrected chi connectivity index (χ1v) is 6.43. The summed E-state index contributed by atoms with van der Waals surface area (Å²) in [6.07, 6.45) is 5.76. The Kier molecular flexibility index (Phi) is 2.50. The van der Waals surface area contributed by atoms with Crippen LogP contribution in [0.4, 0.5) is 11.4 Å². The SMILES string of the molecule is Nc1ccc(N2CC3CCCCC3C2)cc1. The molecule has 1 saturated heterocycles. The fraction of sp³-hybridized carbons (Fsp3) is 0.571. The van der Waals surface area contributed by atoms with Gasteiger partial charge in [-0.1, -0.05) is 12.8 Å². The maximum Gasteiger partial charge on any atom is 0.0367 e. The van der Waals surface area contributed by atoms with Gasteiger partial charge in [0, 0.05) is 24.5 Å². The number of benzene rings is 1. The largest absolute Gasteiger partial charge is 0.399 e. The Balaban J connectivity index is 1.75. The van der Waals surface area contributed by atoms with Gasteiger partial charge in [0.2, 0.25) is 0 Å². The van der Waals surface area contributed by atoms with Crippen LogP contribution in [0.5, 0.6) is 0 Å². The van der Waals surface area contributed by atoms with Gasteiger partial charge in [-0.15, -0.1) is 0 Å². The van der Waals surface area contributed by atoms with E-state index >= 15 is 0 Å². The lowest BCUT2D eigenvalue weighted by molar-refractivity contribution is 0.299. The monoisotopic (exact) mass is 216 g/mol. The van der Waals surface area contributed by atoms with Crippen molar-refractivity contribution in [3.8, 4) is 0 Å². The van der Waals surface area contributed by atoms with Gasteiger partial charge in [0.15, 0.2) is 0 Å². The Bertz CT molecular complexity index is 344. The summed E-state index contributed by atoms with van der Waals surface area (Å²) in [6.45, 7) is 2.52. The molecule has 2 unspecified atom stereocenters. The number of rotatable bonds is 1. The molecular formula is C14H20N2. The number of hydrogen-bond acceptors (Lipinski definition) is 2. The van der Waals surface area contributed by atoms with Crippen LogP contribution in [0, 0.1) is 11.8 Å². The number of nitrogen functional groups attached to an aromatic ring is 1. The van der Waals surface area contributed by atoms with E-state index in [1.165, 1.54) is 44.5 Å². The first-order valence-electron chi connectivity index (χ1n) is 6.43. The van der Waals surface area contributed by atoms with Crippen LogP contribution in [0.1, 0.15) is 25.7 Å². The van der Waals surface area contributed by atoms with E-state index in [1.54, 1.807) is 0 Å². The number of nitrogens with zero attached hydrogens (tertiary/aromatic N) is 1. The lowest BCUT2D eigenvalue weighted by atomic mass is 9.82. The molecule has 2 N–H and O–H groups in total. The third kappa shape index (κ3) is 1.77. The van der Waals surface area contributed by atoms with Crippen molar-refractivity contribution in [1.82, 2.24) is 0 Å². The summed E-state index contributed by atoms with van der Waals surface area (Å²) in [6, 6.07) is 8.34. The van der Waals surface area contributed by atoms with Gasteiger partial charge in [-0.25, -0.2) is 0 Å². The molecule has 1 aromatic rings. The minimum absolute atomic E-state index is 0.861. The predicted molar refractivity (Wildman–Crippen MR) is 68.5 cm³/mol. The molecule has 2 nitrogen and oxygen atoms in total. The van der Waals surface area contributed by atoms with Gasteiger partial charge < -0.3 is 10.6 Å². The van der Waals surface area contributed by atoms with Gasteiger partial charge in [-0.3, -0.25) is 0 Å². The van der Waals surface area contributed by atoms with Crippen LogP contribution in [0.15, 0.2) is 24.3 Å². The van der Waals surface area contributed by atoms with Crippen molar-refractivity contribution in [2.45, 2.75) is 25.7 Å². The molecule has 0 bridgehead atoms. The number of fused-ring (bicyclic) bond motifs is 1. The van der Waals surface area contributed by atoms with Crippen molar-refractivity contribution < 1.29 is 0 Å². The lowest BCUT2D eigenvalue weighted by Gasteiger charge is -2.22. The van der Waals surface area contributed by atoms with E-state index in [1.807, 2.05) is 12.1 Å². The van der Waals surface area contributed by atoms with Crippen molar-refractivity contribution >= 4 is 11.4 Å². The van der Waals surface area contributed by atoms with Crippen molar-refractivity contribution in [1.29, 1.82) is 0 Å². The topological polar surface area (TPSA) is 29.3 Å². The molecule has 0 spiro atoms. The lowest BCUT2D eigenvalue weighted by Crippen LogP contribution is -2.19. The summed E-state index contributed by atoms with van der Waals surface area (Å²) in [5.74, 6) is 1.90. The Morgan fingerprint density at radius 1 is 0.938 bits per heavy atom. The molecule has 1 aliphatic heterocycles. The highest BCUT2D eigenvalue weighted by Gasteiger charge is 2.34. The fourth-order valence-electron chi connectivity index (χ4n) is 3.30. The highest BCUT2D eigenvalue weighted by atomic mass is 15.2. The Morgan fingerprint density at radius 3 is 2.06 bits per heavy atom. The molecule has 86 valence electrons. The molecule has 2 fully saturated rings. The maximum atomic E-state index is 5.72. The Hall–Kier alpha value is -1.18. The highest BCUT2D eigenvalue weighted by molar-refractivity contribution is 5.53. The third-order valence-electron chi connectivity index (χ3n) is 4.23. The zero-order valence-corrected chi connectivity index (χ0v) is 9.73. The van der Waals surface area contributed by atoms with Crippen LogP contribution in [0.3, 0.4) is 0 Å². The third-order valence-corrected chi connectivity index (χ3v) is 4.23. The van der Waals surface area contributed by atoms with Crippen molar-refractivity contribution in [3.63, 3.8) is 0 Å². The fourth-order valence-corrected chi connectivity index (χ4v) is 3.30. The zero-order valence-electron chi connectivity index (χ0n) is 9.73. The first kappa shape index (κ1) is 10.0. The molecule has 2 atom stereocenters. The van der Waals surface area contributed by atoms with Gasteiger partial charge in [0.25, 0.3) is 0 Å². The molecule has 2 heteroatoms. The second-order valence-corrected chi connectivity index (χ2v) is 5.30. The molecule has 0 aromatic heterocycles.